The quantitative estimate of drug-likeness (QED) is 0.296. The van der Waals surface area contributed by atoms with Gasteiger partial charge in [0, 0.05) is 4.90 Å². The maximum atomic E-state index is 8.85. The first kappa shape index (κ1) is 14.3. The van der Waals surface area contributed by atoms with Crippen molar-refractivity contribution in [3.05, 3.63) is 53.6 Å². The number of para-hydroxylation sites is 1. The summed E-state index contributed by atoms with van der Waals surface area (Å²) >= 11 is 1.60. The second-order valence-electron chi connectivity index (χ2n) is 4.24. The van der Waals surface area contributed by atoms with E-state index in [4.69, 9.17) is 15.7 Å². The number of rotatable bonds is 4. The molecule has 0 unspecified atom stereocenters. The fraction of sp³-hybridized carbons (Fsp3) is 0.133. The zero-order valence-corrected chi connectivity index (χ0v) is 12.1. The van der Waals surface area contributed by atoms with E-state index in [0.29, 0.717) is 11.3 Å². The number of benzene rings is 2. The van der Waals surface area contributed by atoms with Gasteiger partial charge in [0.1, 0.15) is 11.5 Å². The lowest BCUT2D eigenvalue weighted by molar-refractivity contribution is 0.318. The molecule has 0 aliphatic rings. The second kappa shape index (κ2) is 6.34. The molecule has 0 bridgehead atoms. The Morgan fingerprint density at radius 2 is 1.95 bits per heavy atom. The zero-order chi connectivity index (χ0) is 14.5. The average Bonchev–Trinajstić information content (AvgIpc) is 2.47. The molecule has 0 spiro atoms. The third-order valence-electron chi connectivity index (χ3n) is 2.81. The van der Waals surface area contributed by atoms with Gasteiger partial charge < -0.3 is 15.7 Å². The molecular formula is C15H16N2O2S. The smallest absolute Gasteiger partial charge is 0.173 e. The summed E-state index contributed by atoms with van der Waals surface area (Å²) < 4.78 is 5.94. The van der Waals surface area contributed by atoms with Crippen LogP contribution in [0.15, 0.2) is 52.5 Å². The molecule has 0 aliphatic carbocycles. The summed E-state index contributed by atoms with van der Waals surface area (Å²) in [4.78, 5) is 1.03. The number of hydrogen-bond acceptors (Lipinski definition) is 4. The van der Waals surface area contributed by atoms with E-state index in [2.05, 4.69) is 5.16 Å². The van der Waals surface area contributed by atoms with Crippen molar-refractivity contribution in [2.24, 2.45) is 10.9 Å². The number of ether oxygens (including phenoxy) is 1. The van der Waals surface area contributed by atoms with Crippen LogP contribution in [0, 0.1) is 6.92 Å². The minimum Gasteiger partial charge on any atom is -0.455 e. The van der Waals surface area contributed by atoms with Crippen molar-refractivity contribution >= 4 is 17.6 Å². The highest BCUT2D eigenvalue weighted by atomic mass is 32.2. The molecule has 2 aromatic rings. The number of aryl methyl sites for hydroxylation is 1. The third kappa shape index (κ3) is 3.05. The van der Waals surface area contributed by atoms with Crippen molar-refractivity contribution in [3.63, 3.8) is 0 Å². The molecule has 3 N–H and O–H groups in total. The Morgan fingerprint density at radius 3 is 2.65 bits per heavy atom. The zero-order valence-electron chi connectivity index (χ0n) is 11.3. The molecule has 0 atom stereocenters. The van der Waals surface area contributed by atoms with Crippen molar-refractivity contribution in [2.45, 2.75) is 11.8 Å². The Kier molecular flexibility index (Phi) is 4.53. The van der Waals surface area contributed by atoms with Crippen molar-refractivity contribution in [1.82, 2.24) is 0 Å². The van der Waals surface area contributed by atoms with Crippen molar-refractivity contribution in [2.75, 3.05) is 6.26 Å². The van der Waals surface area contributed by atoms with Crippen LogP contribution in [-0.2, 0) is 0 Å². The Bertz CT molecular complexity index is 642. The Hall–Kier alpha value is -2.14. The SMILES string of the molecule is CSc1ccccc1Oc1cc(C)ccc1C(N)=NO. The summed E-state index contributed by atoms with van der Waals surface area (Å²) in [7, 11) is 0. The molecule has 0 aliphatic heterocycles. The molecule has 4 nitrogen and oxygen atoms in total. The molecule has 2 aromatic carbocycles. The van der Waals surface area contributed by atoms with Crippen LogP contribution < -0.4 is 10.5 Å². The van der Waals surface area contributed by atoms with Crippen LogP contribution in [-0.4, -0.2) is 17.3 Å². The van der Waals surface area contributed by atoms with Crippen molar-refractivity contribution in [3.8, 4) is 11.5 Å². The molecule has 0 amide bonds. The van der Waals surface area contributed by atoms with Crippen LogP contribution >= 0.6 is 11.8 Å². The third-order valence-corrected chi connectivity index (χ3v) is 3.59. The summed E-state index contributed by atoms with van der Waals surface area (Å²) in [6.45, 7) is 1.96. The maximum absolute atomic E-state index is 8.85. The minimum atomic E-state index is 0.0293. The van der Waals surface area contributed by atoms with E-state index < -0.39 is 0 Å². The lowest BCUT2D eigenvalue weighted by Crippen LogP contribution is -2.14. The highest BCUT2D eigenvalue weighted by molar-refractivity contribution is 7.98. The van der Waals surface area contributed by atoms with Gasteiger partial charge in [-0.15, -0.1) is 11.8 Å². The van der Waals surface area contributed by atoms with E-state index in [1.807, 2.05) is 49.6 Å². The molecule has 5 heteroatoms. The molecule has 0 saturated carbocycles. The summed E-state index contributed by atoms with van der Waals surface area (Å²) in [5.74, 6) is 1.35. The van der Waals surface area contributed by atoms with Crippen LogP contribution in [0.5, 0.6) is 11.5 Å². The predicted molar refractivity (Wildman–Crippen MR) is 82.0 cm³/mol. The van der Waals surface area contributed by atoms with Gasteiger partial charge in [0.2, 0.25) is 0 Å². The molecular weight excluding hydrogens is 272 g/mol. The van der Waals surface area contributed by atoms with Crippen molar-refractivity contribution < 1.29 is 9.94 Å². The van der Waals surface area contributed by atoms with E-state index in [1.54, 1.807) is 17.8 Å². The first-order valence-electron chi connectivity index (χ1n) is 6.05. The number of thioether (sulfide) groups is 1. The average molecular weight is 288 g/mol. The van der Waals surface area contributed by atoms with Gasteiger partial charge in [-0.05, 0) is 43.0 Å². The highest BCUT2D eigenvalue weighted by Gasteiger charge is 2.11. The van der Waals surface area contributed by atoms with Gasteiger partial charge in [0.15, 0.2) is 5.84 Å². The van der Waals surface area contributed by atoms with Gasteiger partial charge in [-0.25, -0.2) is 0 Å². The van der Waals surface area contributed by atoms with Gasteiger partial charge in [0.25, 0.3) is 0 Å². The Labute approximate surface area is 122 Å². The van der Waals surface area contributed by atoms with E-state index in [1.165, 1.54) is 0 Å². The van der Waals surface area contributed by atoms with Crippen LogP contribution in [0.25, 0.3) is 0 Å². The topological polar surface area (TPSA) is 67.8 Å². The molecule has 0 aromatic heterocycles. The fourth-order valence-electron chi connectivity index (χ4n) is 1.80. The molecule has 20 heavy (non-hydrogen) atoms. The fourth-order valence-corrected chi connectivity index (χ4v) is 2.33. The largest absolute Gasteiger partial charge is 0.455 e. The Balaban J connectivity index is 2.45. The highest BCUT2D eigenvalue weighted by Crippen LogP contribution is 2.33. The lowest BCUT2D eigenvalue weighted by Gasteiger charge is -2.13. The molecule has 0 radical (unpaired) electrons. The summed E-state index contributed by atoms with van der Waals surface area (Å²) in [5, 5.41) is 11.9. The summed E-state index contributed by atoms with van der Waals surface area (Å²) in [6, 6.07) is 13.3. The first-order valence-corrected chi connectivity index (χ1v) is 7.27. The molecule has 0 saturated heterocycles. The van der Waals surface area contributed by atoms with Gasteiger partial charge in [-0.3, -0.25) is 0 Å². The maximum Gasteiger partial charge on any atom is 0.173 e. The van der Waals surface area contributed by atoms with Crippen LogP contribution in [0.2, 0.25) is 0 Å². The van der Waals surface area contributed by atoms with Crippen LogP contribution in [0.4, 0.5) is 0 Å². The van der Waals surface area contributed by atoms with Crippen LogP contribution in [0.3, 0.4) is 0 Å². The number of nitrogens with zero attached hydrogens (tertiary/aromatic N) is 1. The molecule has 2 rings (SSSR count). The monoisotopic (exact) mass is 288 g/mol. The van der Waals surface area contributed by atoms with E-state index >= 15 is 0 Å². The van der Waals surface area contributed by atoms with Gasteiger partial charge in [0.05, 0.1) is 5.56 Å². The van der Waals surface area contributed by atoms with E-state index in [0.717, 1.165) is 16.2 Å². The van der Waals surface area contributed by atoms with Crippen LogP contribution in [0.1, 0.15) is 11.1 Å². The first-order chi connectivity index (χ1) is 9.65. The normalized spacial score (nSPS) is 11.4. The molecule has 0 heterocycles. The number of amidine groups is 1. The van der Waals surface area contributed by atoms with Gasteiger partial charge in [-0.1, -0.05) is 23.4 Å². The number of nitrogens with two attached hydrogens (primary N) is 1. The number of oxime groups is 1. The lowest BCUT2D eigenvalue weighted by atomic mass is 10.1. The van der Waals surface area contributed by atoms with Crippen molar-refractivity contribution in [1.29, 1.82) is 0 Å². The minimum absolute atomic E-state index is 0.0293. The Morgan fingerprint density at radius 1 is 1.20 bits per heavy atom. The van der Waals surface area contributed by atoms with E-state index in [9.17, 15) is 0 Å². The van der Waals surface area contributed by atoms with Gasteiger partial charge in [-0.2, -0.15) is 0 Å². The molecule has 104 valence electrons. The number of hydrogen-bond donors (Lipinski definition) is 2. The summed E-state index contributed by atoms with van der Waals surface area (Å²) in [6.07, 6.45) is 1.99. The van der Waals surface area contributed by atoms with Gasteiger partial charge >= 0.3 is 0 Å². The molecule has 0 fully saturated rings. The summed E-state index contributed by atoms with van der Waals surface area (Å²) in [5.41, 5.74) is 7.29. The predicted octanol–water partition coefficient (Wildman–Crippen LogP) is 3.60. The second-order valence-corrected chi connectivity index (χ2v) is 5.09. The van der Waals surface area contributed by atoms with E-state index in [-0.39, 0.29) is 5.84 Å². The standard InChI is InChI=1S/C15H16N2O2S/c1-10-7-8-11(15(16)17-18)13(9-10)19-12-5-3-4-6-14(12)20-2/h3-9,18H,1-2H3,(H2,16,17).